The second-order valence-electron chi connectivity index (χ2n) is 3.78. The van der Waals surface area contributed by atoms with E-state index in [2.05, 4.69) is 10.3 Å². The van der Waals surface area contributed by atoms with Gasteiger partial charge in [-0.2, -0.15) is 0 Å². The van der Waals surface area contributed by atoms with E-state index in [1.165, 1.54) is 6.20 Å². The predicted molar refractivity (Wildman–Crippen MR) is 61.8 cm³/mol. The fraction of sp³-hybridized carbons (Fsp3) is 0.417. The van der Waals surface area contributed by atoms with Gasteiger partial charge >= 0.3 is 0 Å². The highest BCUT2D eigenvalue weighted by atomic mass is 16.3. The molecule has 2 rings (SSSR count). The van der Waals surface area contributed by atoms with Crippen LogP contribution in [0.15, 0.2) is 22.9 Å². The SMILES string of the molecule is CCCn1nncc1C(=O)c1ccoc1CC. The third-order valence-corrected chi connectivity index (χ3v) is 2.60. The number of furan rings is 1. The summed E-state index contributed by atoms with van der Waals surface area (Å²) in [6.45, 7) is 4.68. The Bertz CT molecular complexity index is 513. The normalized spacial score (nSPS) is 10.7. The molecule has 0 spiro atoms. The largest absolute Gasteiger partial charge is 0.469 e. The first-order valence-electron chi connectivity index (χ1n) is 5.77. The highest BCUT2D eigenvalue weighted by Gasteiger charge is 2.19. The van der Waals surface area contributed by atoms with Crippen molar-refractivity contribution in [2.75, 3.05) is 0 Å². The zero-order chi connectivity index (χ0) is 12.3. The standard InChI is InChI=1S/C12H15N3O2/c1-3-6-15-10(8-13-14-15)12(16)9-5-7-17-11(9)4-2/h5,7-8H,3-4,6H2,1-2H3. The zero-order valence-electron chi connectivity index (χ0n) is 10.0. The molecule has 2 aromatic rings. The molecule has 5 nitrogen and oxygen atoms in total. The summed E-state index contributed by atoms with van der Waals surface area (Å²) in [7, 11) is 0. The van der Waals surface area contributed by atoms with Crippen molar-refractivity contribution in [3.63, 3.8) is 0 Å². The highest BCUT2D eigenvalue weighted by molar-refractivity contribution is 6.08. The molecule has 17 heavy (non-hydrogen) atoms. The first-order valence-corrected chi connectivity index (χ1v) is 5.77. The molecule has 90 valence electrons. The second-order valence-corrected chi connectivity index (χ2v) is 3.78. The minimum Gasteiger partial charge on any atom is -0.469 e. The average molecular weight is 233 g/mol. The lowest BCUT2D eigenvalue weighted by Gasteiger charge is -2.03. The summed E-state index contributed by atoms with van der Waals surface area (Å²) in [6.07, 6.45) is 4.66. The van der Waals surface area contributed by atoms with Crippen LogP contribution in [0.25, 0.3) is 0 Å². The summed E-state index contributed by atoms with van der Waals surface area (Å²) in [5.74, 6) is 0.633. The van der Waals surface area contributed by atoms with Gasteiger partial charge in [-0.1, -0.05) is 19.1 Å². The van der Waals surface area contributed by atoms with Crippen LogP contribution >= 0.6 is 0 Å². The average Bonchev–Trinajstić information content (AvgIpc) is 2.96. The van der Waals surface area contributed by atoms with Crippen molar-refractivity contribution in [3.05, 3.63) is 35.5 Å². The smallest absolute Gasteiger partial charge is 0.216 e. The van der Waals surface area contributed by atoms with Gasteiger partial charge in [0.15, 0.2) is 0 Å². The van der Waals surface area contributed by atoms with Gasteiger partial charge in [0.1, 0.15) is 11.5 Å². The molecule has 0 aliphatic carbocycles. The number of rotatable bonds is 5. The van der Waals surface area contributed by atoms with E-state index in [0.717, 1.165) is 6.42 Å². The minimum atomic E-state index is -0.0750. The van der Waals surface area contributed by atoms with Crippen molar-refractivity contribution in [1.82, 2.24) is 15.0 Å². The number of nitrogens with zero attached hydrogens (tertiary/aromatic N) is 3. The van der Waals surface area contributed by atoms with E-state index in [1.54, 1.807) is 17.0 Å². The third kappa shape index (κ3) is 2.13. The molecule has 0 aromatic carbocycles. The Labute approximate surface area is 99.4 Å². The Hall–Kier alpha value is -1.91. The van der Waals surface area contributed by atoms with Gasteiger partial charge in [0.05, 0.1) is 18.0 Å². The number of ketones is 1. The monoisotopic (exact) mass is 233 g/mol. The quantitative estimate of drug-likeness (QED) is 0.742. The minimum absolute atomic E-state index is 0.0750. The van der Waals surface area contributed by atoms with E-state index in [0.29, 0.717) is 30.0 Å². The number of hydrogen-bond acceptors (Lipinski definition) is 4. The van der Waals surface area contributed by atoms with Gasteiger partial charge in [-0.15, -0.1) is 5.10 Å². The van der Waals surface area contributed by atoms with Crippen LogP contribution in [-0.4, -0.2) is 20.8 Å². The van der Waals surface area contributed by atoms with Crippen LogP contribution in [0.2, 0.25) is 0 Å². The van der Waals surface area contributed by atoms with Crippen molar-refractivity contribution < 1.29 is 9.21 Å². The molecule has 5 heteroatoms. The van der Waals surface area contributed by atoms with Gasteiger partial charge in [0.2, 0.25) is 5.78 Å². The molecule has 0 N–H and O–H groups in total. The summed E-state index contributed by atoms with van der Waals surface area (Å²) in [6, 6.07) is 1.70. The zero-order valence-corrected chi connectivity index (χ0v) is 10.0. The van der Waals surface area contributed by atoms with Crippen LogP contribution in [0.3, 0.4) is 0 Å². The Morgan fingerprint density at radius 1 is 1.47 bits per heavy atom. The van der Waals surface area contributed by atoms with Crippen LogP contribution in [0.4, 0.5) is 0 Å². The van der Waals surface area contributed by atoms with Crippen molar-refractivity contribution in [3.8, 4) is 0 Å². The summed E-state index contributed by atoms with van der Waals surface area (Å²) in [5, 5.41) is 7.70. The van der Waals surface area contributed by atoms with Gasteiger partial charge < -0.3 is 4.42 Å². The van der Waals surface area contributed by atoms with E-state index < -0.39 is 0 Å². The Balaban J connectivity index is 2.34. The Morgan fingerprint density at radius 2 is 2.29 bits per heavy atom. The molecular weight excluding hydrogens is 218 g/mol. The summed E-state index contributed by atoms with van der Waals surface area (Å²) < 4.78 is 6.90. The van der Waals surface area contributed by atoms with Crippen molar-refractivity contribution >= 4 is 5.78 Å². The van der Waals surface area contributed by atoms with E-state index in [-0.39, 0.29) is 5.78 Å². The lowest BCUT2D eigenvalue weighted by atomic mass is 10.1. The molecule has 0 amide bonds. The highest BCUT2D eigenvalue weighted by Crippen LogP contribution is 2.16. The predicted octanol–water partition coefficient (Wildman–Crippen LogP) is 2.07. The third-order valence-electron chi connectivity index (χ3n) is 2.60. The van der Waals surface area contributed by atoms with Gasteiger partial charge in [0.25, 0.3) is 0 Å². The van der Waals surface area contributed by atoms with Crippen LogP contribution < -0.4 is 0 Å². The molecule has 0 saturated heterocycles. The molecule has 0 atom stereocenters. The van der Waals surface area contributed by atoms with E-state index in [4.69, 9.17) is 4.42 Å². The molecule has 0 radical (unpaired) electrons. The summed E-state index contributed by atoms with van der Waals surface area (Å²) in [4.78, 5) is 12.3. The molecule has 0 unspecified atom stereocenters. The van der Waals surface area contributed by atoms with Gasteiger partial charge in [0, 0.05) is 13.0 Å². The van der Waals surface area contributed by atoms with Crippen LogP contribution in [0.1, 0.15) is 42.1 Å². The molecule has 0 saturated carbocycles. The van der Waals surface area contributed by atoms with Gasteiger partial charge in [-0.05, 0) is 12.5 Å². The first kappa shape index (κ1) is 11.6. The number of aryl methyl sites for hydroxylation is 2. The first-order chi connectivity index (χ1) is 8.27. The Morgan fingerprint density at radius 3 is 3.00 bits per heavy atom. The molecule has 2 heterocycles. The van der Waals surface area contributed by atoms with Gasteiger partial charge in [-0.25, -0.2) is 4.68 Å². The summed E-state index contributed by atoms with van der Waals surface area (Å²) >= 11 is 0. The maximum atomic E-state index is 12.3. The van der Waals surface area contributed by atoms with E-state index in [9.17, 15) is 4.79 Å². The fourth-order valence-corrected chi connectivity index (χ4v) is 1.77. The van der Waals surface area contributed by atoms with E-state index in [1.807, 2.05) is 13.8 Å². The molecule has 0 aliphatic rings. The van der Waals surface area contributed by atoms with Crippen LogP contribution in [0, 0.1) is 0 Å². The number of hydrogen-bond donors (Lipinski definition) is 0. The number of carbonyl (C=O) groups excluding carboxylic acids is 1. The van der Waals surface area contributed by atoms with Crippen molar-refractivity contribution in [2.45, 2.75) is 33.2 Å². The van der Waals surface area contributed by atoms with Gasteiger partial charge in [-0.3, -0.25) is 4.79 Å². The molecule has 0 bridgehead atoms. The lowest BCUT2D eigenvalue weighted by Crippen LogP contribution is -2.12. The van der Waals surface area contributed by atoms with Crippen molar-refractivity contribution in [1.29, 1.82) is 0 Å². The van der Waals surface area contributed by atoms with E-state index >= 15 is 0 Å². The summed E-state index contributed by atoms with van der Waals surface area (Å²) in [5.41, 5.74) is 1.12. The molecule has 2 aromatic heterocycles. The molecular formula is C12H15N3O2. The maximum absolute atomic E-state index is 12.3. The van der Waals surface area contributed by atoms with Crippen molar-refractivity contribution in [2.24, 2.45) is 0 Å². The Kier molecular flexibility index (Phi) is 3.37. The fourth-order valence-electron chi connectivity index (χ4n) is 1.77. The van der Waals surface area contributed by atoms with Crippen LogP contribution in [0.5, 0.6) is 0 Å². The molecule has 0 aliphatic heterocycles. The van der Waals surface area contributed by atoms with Crippen LogP contribution in [-0.2, 0) is 13.0 Å². The topological polar surface area (TPSA) is 60.9 Å². The molecule has 0 fully saturated rings. The second kappa shape index (κ2) is 4.95. The maximum Gasteiger partial charge on any atom is 0.216 e. The number of aromatic nitrogens is 3. The number of carbonyl (C=O) groups is 1. The lowest BCUT2D eigenvalue weighted by molar-refractivity contribution is 0.102.